The van der Waals surface area contributed by atoms with Crippen molar-refractivity contribution >= 4 is 23.3 Å². The molecule has 0 radical (unpaired) electrons. The quantitative estimate of drug-likeness (QED) is 0.736. The number of ether oxygens (including phenoxy) is 1. The van der Waals surface area contributed by atoms with Crippen LogP contribution in [0, 0.1) is 0 Å². The van der Waals surface area contributed by atoms with Gasteiger partial charge in [-0.05, 0) is 39.7 Å². The number of aromatic amines is 1. The Morgan fingerprint density at radius 2 is 2.04 bits per heavy atom. The molecule has 6 heteroatoms. The summed E-state index contributed by atoms with van der Waals surface area (Å²) in [5.74, 6) is 0. The molecule has 0 bridgehead atoms. The van der Waals surface area contributed by atoms with Crippen molar-refractivity contribution in [3.63, 3.8) is 0 Å². The average molecular weight is 337 g/mol. The third kappa shape index (κ3) is 4.70. The van der Waals surface area contributed by atoms with Gasteiger partial charge in [-0.3, -0.25) is 0 Å². The number of hydrogen-bond acceptors (Lipinski definition) is 3. The summed E-state index contributed by atoms with van der Waals surface area (Å²) in [7, 11) is 0. The van der Waals surface area contributed by atoms with E-state index in [0.29, 0.717) is 11.5 Å². The van der Waals surface area contributed by atoms with Gasteiger partial charge < -0.3 is 20.8 Å². The van der Waals surface area contributed by atoms with Gasteiger partial charge in [0.25, 0.3) is 0 Å². The topological polar surface area (TPSA) is 80.1 Å². The lowest BCUT2D eigenvalue weighted by Gasteiger charge is -2.37. The summed E-state index contributed by atoms with van der Waals surface area (Å²) in [6, 6.07) is 2.02. The molecule has 1 heterocycles. The monoisotopic (exact) mass is 337 g/mol. The van der Waals surface area contributed by atoms with Crippen molar-refractivity contribution in [3.8, 4) is 0 Å². The first-order chi connectivity index (χ1) is 10.7. The molecule has 0 aliphatic heterocycles. The van der Waals surface area contributed by atoms with Gasteiger partial charge in [0, 0.05) is 29.4 Å². The predicted molar refractivity (Wildman–Crippen MR) is 95.7 cm³/mol. The van der Waals surface area contributed by atoms with Gasteiger partial charge in [0.1, 0.15) is 10.6 Å². The first-order valence-corrected chi connectivity index (χ1v) is 8.58. The number of nitrogens with one attached hydrogen (secondary N) is 2. The Balaban J connectivity index is 2.12. The second-order valence-electron chi connectivity index (χ2n) is 7.36. The molecule has 1 fully saturated rings. The molecule has 128 valence electrons. The summed E-state index contributed by atoms with van der Waals surface area (Å²) in [5, 5.41) is 2.94. The SMILES string of the molecule is CC(C)(C)OC(=O)NCC1(c2cc(C(N)=S)c[nH]2)CCCCC1. The zero-order valence-corrected chi connectivity index (χ0v) is 15.0. The van der Waals surface area contributed by atoms with Crippen LogP contribution in [0.5, 0.6) is 0 Å². The number of H-pyrrole nitrogens is 1. The molecule has 1 aromatic heterocycles. The Bertz CT molecular complexity index is 569. The number of rotatable bonds is 4. The van der Waals surface area contributed by atoms with Crippen LogP contribution in [-0.2, 0) is 10.2 Å². The molecule has 0 aromatic carbocycles. The molecule has 0 unspecified atom stereocenters. The fraction of sp³-hybridized carbons (Fsp3) is 0.647. The molecule has 23 heavy (non-hydrogen) atoms. The standard InChI is InChI=1S/C17H27N3O2S/c1-16(2,3)22-15(21)20-11-17(7-5-4-6-8-17)13-9-12(10-19-13)14(18)23/h9-10,19H,4-8,11H2,1-3H3,(H2,18,23)(H,20,21). The molecule has 1 aliphatic carbocycles. The largest absolute Gasteiger partial charge is 0.444 e. The van der Waals surface area contributed by atoms with Crippen molar-refractivity contribution in [2.75, 3.05) is 6.54 Å². The summed E-state index contributed by atoms with van der Waals surface area (Å²) >= 11 is 5.05. The van der Waals surface area contributed by atoms with Crippen LogP contribution < -0.4 is 11.1 Å². The highest BCUT2D eigenvalue weighted by Gasteiger charge is 2.36. The van der Waals surface area contributed by atoms with Crippen molar-refractivity contribution in [1.29, 1.82) is 0 Å². The van der Waals surface area contributed by atoms with E-state index in [2.05, 4.69) is 10.3 Å². The minimum absolute atomic E-state index is 0.0990. The minimum Gasteiger partial charge on any atom is -0.444 e. The van der Waals surface area contributed by atoms with Gasteiger partial charge in [-0.25, -0.2) is 4.79 Å². The van der Waals surface area contributed by atoms with Crippen LogP contribution in [-0.4, -0.2) is 28.2 Å². The molecular formula is C17H27N3O2S. The molecule has 0 spiro atoms. The van der Waals surface area contributed by atoms with Gasteiger partial charge in [0.05, 0.1) is 0 Å². The molecule has 1 saturated carbocycles. The van der Waals surface area contributed by atoms with E-state index in [0.717, 1.165) is 36.9 Å². The Morgan fingerprint density at radius 3 is 2.57 bits per heavy atom. The Labute approximate surface area is 143 Å². The average Bonchev–Trinajstić information content (AvgIpc) is 2.95. The van der Waals surface area contributed by atoms with Gasteiger partial charge in [-0.1, -0.05) is 31.5 Å². The Hall–Kier alpha value is -1.56. The maximum Gasteiger partial charge on any atom is 0.407 e. The first kappa shape index (κ1) is 17.8. The zero-order chi connectivity index (χ0) is 17.1. The highest BCUT2D eigenvalue weighted by atomic mass is 32.1. The van der Waals surface area contributed by atoms with E-state index < -0.39 is 5.60 Å². The normalized spacial score (nSPS) is 17.5. The molecule has 0 saturated heterocycles. The van der Waals surface area contributed by atoms with E-state index in [1.165, 1.54) is 6.42 Å². The van der Waals surface area contributed by atoms with Crippen LogP contribution in [0.2, 0.25) is 0 Å². The van der Waals surface area contributed by atoms with E-state index in [9.17, 15) is 4.79 Å². The van der Waals surface area contributed by atoms with Crippen LogP contribution in [0.25, 0.3) is 0 Å². The van der Waals surface area contributed by atoms with Crippen molar-refractivity contribution < 1.29 is 9.53 Å². The lowest BCUT2D eigenvalue weighted by molar-refractivity contribution is 0.0507. The number of carbonyl (C=O) groups is 1. The number of alkyl carbamates (subject to hydrolysis) is 1. The van der Waals surface area contributed by atoms with E-state index in [4.69, 9.17) is 22.7 Å². The van der Waals surface area contributed by atoms with Crippen LogP contribution in [0.4, 0.5) is 4.79 Å². The summed E-state index contributed by atoms with van der Waals surface area (Å²) < 4.78 is 5.35. The minimum atomic E-state index is -0.491. The summed E-state index contributed by atoms with van der Waals surface area (Å²) in [5.41, 5.74) is 7.06. The van der Waals surface area contributed by atoms with Crippen molar-refractivity contribution in [3.05, 3.63) is 23.5 Å². The lowest BCUT2D eigenvalue weighted by atomic mass is 9.71. The van der Waals surface area contributed by atoms with Crippen LogP contribution >= 0.6 is 12.2 Å². The number of carbonyl (C=O) groups excluding carboxylic acids is 1. The van der Waals surface area contributed by atoms with Gasteiger partial charge in [0.15, 0.2) is 0 Å². The third-order valence-electron chi connectivity index (χ3n) is 4.32. The zero-order valence-electron chi connectivity index (χ0n) is 14.2. The molecule has 2 rings (SSSR count). The maximum absolute atomic E-state index is 12.0. The van der Waals surface area contributed by atoms with Crippen LogP contribution in [0.1, 0.15) is 64.1 Å². The van der Waals surface area contributed by atoms with Gasteiger partial charge in [-0.2, -0.15) is 0 Å². The molecule has 5 nitrogen and oxygen atoms in total. The van der Waals surface area contributed by atoms with E-state index in [-0.39, 0.29) is 11.5 Å². The summed E-state index contributed by atoms with van der Waals surface area (Å²) in [6.07, 6.45) is 7.07. The third-order valence-corrected chi connectivity index (χ3v) is 4.56. The number of thiocarbonyl (C=S) groups is 1. The highest BCUT2D eigenvalue weighted by molar-refractivity contribution is 7.80. The lowest BCUT2D eigenvalue weighted by Crippen LogP contribution is -2.44. The smallest absolute Gasteiger partial charge is 0.407 e. The van der Waals surface area contributed by atoms with Gasteiger partial charge in [-0.15, -0.1) is 0 Å². The fourth-order valence-electron chi connectivity index (χ4n) is 3.17. The number of hydrogen-bond donors (Lipinski definition) is 3. The van der Waals surface area contributed by atoms with E-state index >= 15 is 0 Å². The van der Waals surface area contributed by atoms with Crippen molar-refractivity contribution in [1.82, 2.24) is 10.3 Å². The van der Waals surface area contributed by atoms with Crippen molar-refractivity contribution in [2.45, 2.75) is 63.9 Å². The molecule has 1 aromatic rings. The van der Waals surface area contributed by atoms with Crippen LogP contribution in [0.3, 0.4) is 0 Å². The summed E-state index contributed by atoms with van der Waals surface area (Å²) in [4.78, 5) is 15.7. The highest BCUT2D eigenvalue weighted by Crippen LogP contribution is 2.38. The molecule has 4 N–H and O–H groups in total. The molecule has 1 amide bonds. The Morgan fingerprint density at radius 1 is 1.39 bits per heavy atom. The second-order valence-corrected chi connectivity index (χ2v) is 7.80. The van der Waals surface area contributed by atoms with E-state index in [1.54, 1.807) is 0 Å². The molecular weight excluding hydrogens is 310 g/mol. The summed E-state index contributed by atoms with van der Waals surface area (Å²) in [6.45, 7) is 6.15. The van der Waals surface area contributed by atoms with Crippen molar-refractivity contribution in [2.24, 2.45) is 5.73 Å². The van der Waals surface area contributed by atoms with Gasteiger partial charge in [0.2, 0.25) is 0 Å². The number of nitrogens with two attached hydrogens (primary N) is 1. The maximum atomic E-state index is 12.0. The first-order valence-electron chi connectivity index (χ1n) is 8.17. The fourth-order valence-corrected chi connectivity index (χ4v) is 3.29. The number of aromatic nitrogens is 1. The molecule has 0 atom stereocenters. The number of amides is 1. The van der Waals surface area contributed by atoms with Crippen LogP contribution in [0.15, 0.2) is 12.3 Å². The second kappa shape index (κ2) is 6.91. The van der Waals surface area contributed by atoms with E-state index in [1.807, 2.05) is 33.0 Å². The predicted octanol–water partition coefficient (Wildman–Crippen LogP) is 3.38. The Kier molecular flexibility index (Phi) is 5.34. The van der Waals surface area contributed by atoms with Gasteiger partial charge >= 0.3 is 6.09 Å². The molecule has 1 aliphatic rings.